The van der Waals surface area contributed by atoms with Crippen LogP contribution in [0.5, 0.6) is 0 Å². The first-order valence-corrected chi connectivity index (χ1v) is 6.97. The first kappa shape index (κ1) is 13.4. The number of carbonyl (C=O) groups is 1. The number of rotatable bonds is 2. The third-order valence-electron chi connectivity index (χ3n) is 3.16. The van der Waals surface area contributed by atoms with E-state index in [0.29, 0.717) is 21.1 Å². The number of amides is 1. The highest BCUT2D eigenvalue weighted by molar-refractivity contribution is 7.21. The number of nitrogens with one attached hydrogen (secondary N) is 1. The molecule has 1 amide bonds. The summed E-state index contributed by atoms with van der Waals surface area (Å²) in [6.07, 6.45) is 4.43. The lowest BCUT2D eigenvalue weighted by Crippen LogP contribution is -2.12. The van der Waals surface area contributed by atoms with Crippen LogP contribution in [0.15, 0.2) is 18.7 Å². The summed E-state index contributed by atoms with van der Waals surface area (Å²) in [4.78, 5) is 21.1. The minimum atomic E-state index is -0.303. The van der Waals surface area contributed by atoms with Gasteiger partial charge in [0.2, 0.25) is 0 Å². The van der Waals surface area contributed by atoms with Crippen LogP contribution in [0.3, 0.4) is 0 Å². The van der Waals surface area contributed by atoms with Crippen LogP contribution in [0.25, 0.3) is 10.2 Å². The summed E-state index contributed by atoms with van der Waals surface area (Å²) in [7, 11) is 0. The Morgan fingerprint density at radius 3 is 2.67 bits per heavy atom. The molecule has 0 aromatic carbocycles. The number of anilines is 2. The van der Waals surface area contributed by atoms with Gasteiger partial charge in [-0.3, -0.25) is 4.79 Å². The molecule has 0 unspecified atom stereocenters. The standard InChI is InChI=1S/C13H12N6OS/c1-6-7(2)18-19-13-9(6)10(14)11(21-13)12(20)17-8-3-15-5-16-4-8/h3-5H,14H2,1-2H3,(H,17,20). The normalized spacial score (nSPS) is 10.8. The number of nitrogen functional groups attached to an aromatic ring is 1. The summed E-state index contributed by atoms with van der Waals surface area (Å²) in [5.41, 5.74) is 8.80. The highest BCUT2D eigenvalue weighted by atomic mass is 32.1. The number of aryl methyl sites for hydroxylation is 2. The van der Waals surface area contributed by atoms with E-state index in [4.69, 9.17) is 5.73 Å². The molecule has 106 valence electrons. The molecule has 7 nitrogen and oxygen atoms in total. The van der Waals surface area contributed by atoms with Gasteiger partial charge in [0.25, 0.3) is 5.91 Å². The van der Waals surface area contributed by atoms with Gasteiger partial charge in [-0.2, -0.15) is 5.10 Å². The molecule has 21 heavy (non-hydrogen) atoms. The summed E-state index contributed by atoms with van der Waals surface area (Å²) < 4.78 is 0. The van der Waals surface area contributed by atoms with E-state index in [1.165, 1.54) is 30.1 Å². The van der Waals surface area contributed by atoms with Gasteiger partial charge in [-0.05, 0) is 19.4 Å². The molecule has 8 heteroatoms. The van der Waals surface area contributed by atoms with E-state index in [9.17, 15) is 4.79 Å². The van der Waals surface area contributed by atoms with E-state index in [1.807, 2.05) is 13.8 Å². The molecule has 3 aromatic rings. The second kappa shape index (κ2) is 5.06. The number of carbonyl (C=O) groups excluding carboxylic acids is 1. The van der Waals surface area contributed by atoms with Crippen LogP contribution in [-0.2, 0) is 0 Å². The van der Waals surface area contributed by atoms with E-state index in [2.05, 4.69) is 25.5 Å². The molecule has 0 saturated heterocycles. The third-order valence-corrected chi connectivity index (χ3v) is 4.25. The second-order valence-electron chi connectivity index (χ2n) is 4.52. The molecule has 0 bridgehead atoms. The summed E-state index contributed by atoms with van der Waals surface area (Å²) in [5, 5.41) is 11.7. The summed E-state index contributed by atoms with van der Waals surface area (Å²) >= 11 is 1.22. The van der Waals surface area contributed by atoms with E-state index < -0.39 is 0 Å². The molecule has 0 saturated carbocycles. The van der Waals surface area contributed by atoms with Crippen molar-refractivity contribution in [2.45, 2.75) is 13.8 Å². The first-order valence-electron chi connectivity index (χ1n) is 6.16. The Labute approximate surface area is 124 Å². The van der Waals surface area contributed by atoms with Gasteiger partial charge in [0.05, 0.1) is 29.5 Å². The zero-order valence-corrected chi connectivity index (χ0v) is 12.2. The van der Waals surface area contributed by atoms with Crippen molar-refractivity contribution >= 4 is 38.8 Å². The number of nitrogens with zero attached hydrogens (tertiary/aromatic N) is 4. The van der Waals surface area contributed by atoms with Crippen molar-refractivity contribution < 1.29 is 4.79 Å². The van der Waals surface area contributed by atoms with Gasteiger partial charge in [-0.15, -0.1) is 16.4 Å². The van der Waals surface area contributed by atoms with Gasteiger partial charge in [0.15, 0.2) is 0 Å². The van der Waals surface area contributed by atoms with Crippen LogP contribution in [0.4, 0.5) is 11.4 Å². The van der Waals surface area contributed by atoms with Crippen molar-refractivity contribution in [1.82, 2.24) is 20.2 Å². The van der Waals surface area contributed by atoms with Crippen LogP contribution in [0.2, 0.25) is 0 Å². The van der Waals surface area contributed by atoms with Crippen molar-refractivity contribution in [1.29, 1.82) is 0 Å². The van der Waals surface area contributed by atoms with Crippen LogP contribution in [0, 0.1) is 13.8 Å². The topological polar surface area (TPSA) is 107 Å². The maximum absolute atomic E-state index is 12.3. The fourth-order valence-corrected chi connectivity index (χ4v) is 2.96. The van der Waals surface area contributed by atoms with Crippen molar-refractivity contribution in [2.75, 3.05) is 11.1 Å². The predicted octanol–water partition coefficient (Wildman–Crippen LogP) is 1.93. The summed E-state index contributed by atoms with van der Waals surface area (Å²) in [6.45, 7) is 3.78. The lowest BCUT2D eigenvalue weighted by Gasteiger charge is -2.03. The van der Waals surface area contributed by atoms with E-state index >= 15 is 0 Å². The highest BCUT2D eigenvalue weighted by Gasteiger charge is 2.20. The quantitative estimate of drug-likeness (QED) is 0.749. The molecule has 0 radical (unpaired) electrons. The number of hydrogen-bond donors (Lipinski definition) is 2. The molecule has 3 rings (SSSR count). The Bertz CT molecular complexity index is 830. The van der Waals surface area contributed by atoms with Crippen molar-refractivity contribution in [3.05, 3.63) is 34.9 Å². The molecule has 3 N–H and O–H groups in total. The van der Waals surface area contributed by atoms with Crippen LogP contribution in [-0.4, -0.2) is 26.1 Å². The van der Waals surface area contributed by atoms with Crippen molar-refractivity contribution in [3.63, 3.8) is 0 Å². The fraction of sp³-hybridized carbons (Fsp3) is 0.154. The molecule has 0 fully saturated rings. The van der Waals surface area contributed by atoms with Gasteiger partial charge < -0.3 is 11.1 Å². The molecule has 3 aromatic heterocycles. The van der Waals surface area contributed by atoms with Crippen LogP contribution >= 0.6 is 11.3 Å². The van der Waals surface area contributed by atoms with Gasteiger partial charge in [0.1, 0.15) is 16.0 Å². The Morgan fingerprint density at radius 1 is 1.24 bits per heavy atom. The SMILES string of the molecule is Cc1nnc2sc(C(=O)Nc3cncnc3)c(N)c2c1C. The van der Waals surface area contributed by atoms with Crippen LogP contribution in [0.1, 0.15) is 20.9 Å². The molecule has 0 atom stereocenters. The summed E-state index contributed by atoms with van der Waals surface area (Å²) in [5.74, 6) is -0.303. The maximum Gasteiger partial charge on any atom is 0.268 e. The summed E-state index contributed by atoms with van der Waals surface area (Å²) in [6, 6.07) is 0. The second-order valence-corrected chi connectivity index (χ2v) is 5.52. The number of aromatic nitrogens is 4. The van der Waals surface area contributed by atoms with Crippen molar-refractivity contribution in [3.8, 4) is 0 Å². The lowest BCUT2D eigenvalue weighted by molar-refractivity contribution is 0.103. The molecular weight excluding hydrogens is 288 g/mol. The van der Waals surface area contributed by atoms with Gasteiger partial charge in [-0.1, -0.05) is 0 Å². The zero-order valence-electron chi connectivity index (χ0n) is 11.4. The van der Waals surface area contributed by atoms with Gasteiger partial charge in [0, 0.05) is 5.39 Å². The molecular formula is C13H12N6OS. The van der Waals surface area contributed by atoms with E-state index in [0.717, 1.165) is 16.6 Å². The molecule has 0 aliphatic carbocycles. The number of fused-ring (bicyclic) bond motifs is 1. The average Bonchev–Trinajstić information content (AvgIpc) is 2.82. The smallest absolute Gasteiger partial charge is 0.268 e. The minimum Gasteiger partial charge on any atom is -0.397 e. The first-order chi connectivity index (χ1) is 10.1. The largest absolute Gasteiger partial charge is 0.397 e. The highest BCUT2D eigenvalue weighted by Crippen LogP contribution is 2.35. The Kier molecular flexibility index (Phi) is 3.22. The van der Waals surface area contributed by atoms with E-state index in [1.54, 1.807) is 0 Å². The predicted molar refractivity (Wildman–Crippen MR) is 81.3 cm³/mol. The molecule has 3 heterocycles. The Balaban J connectivity index is 2.03. The molecule has 0 aliphatic heterocycles. The number of hydrogen-bond acceptors (Lipinski definition) is 7. The van der Waals surface area contributed by atoms with Gasteiger partial charge in [-0.25, -0.2) is 9.97 Å². The molecule has 0 aliphatic rings. The monoisotopic (exact) mass is 300 g/mol. The van der Waals surface area contributed by atoms with Crippen molar-refractivity contribution in [2.24, 2.45) is 0 Å². The average molecular weight is 300 g/mol. The Hall–Kier alpha value is -2.61. The minimum absolute atomic E-state index is 0.303. The lowest BCUT2D eigenvalue weighted by atomic mass is 10.1. The maximum atomic E-state index is 12.3. The van der Waals surface area contributed by atoms with Gasteiger partial charge >= 0.3 is 0 Å². The number of nitrogens with two attached hydrogens (primary N) is 1. The molecule has 0 spiro atoms. The Morgan fingerprint density at radius 2 is 1.95 bits per heavy atom. The zero-order chi connectivity index (χ0) is 15.0. The van der Waals surface area contributed by atoms with Crippen LogP contribution < -0.4 is 11.1 Å². The third kappa shape index (κ3) is 2.29. The number of thiophene rings is 1. The fourth-order valence-electron chi connectivity index (χ4n) is 1.96. The van der Waals surface area contributed by atoms with E-state index in [-0.39, 0.29) is 5.91 Å².